The Morgan fingerprint density at radius 2 is 2.07 bits per heavy atom. The summed E-state index contributed by atoms with van der Waals surface area (Å²) in [5.74, 6) is 0. The first-order valence-electron chi connectivity index (χ1n) is 4.43. The molecule has 0 aliphatic heterocycles. The van der Waals surface area contributed by atoms with Crippen molar-refractivity contribution in [2.45, 2.75) is 0 Å². The average molecular weight is 200 g/mol. The fraction of sp³-hybridized carbons (Fsp3) is 0. The average Bonchev–Trinajstić information content (AvgIpc) is 2.85. The van der Waals surface area contributed by atoms with Gasteiger partial charge in [0.15, 0.2) is 0 Å². The van der Waals surface area contributed by atoms with Crippen LogP contribution < -0.4 is 0 Å². The minimum absolute atomic E-state index is 1.08. The molecule has 3 aromatic rings. The first-order chi connectivity index (χ1) is 6.95. The van der Waals surface area contributed by atoms with Crippen molar-refractivity contribution < 1.29 is 0 Å². The summed E-state index contributed by atoms with van der Waals surface area (Å²) in [4.78, 5) is 3.05. The van der Waals surface area contributed by atoms with Gasteiger partial charge in [-0.25, -0.2) is 0 Å². The number of nitrogens with zero attached hydrogens (tertiary/aromatic N) is 1. The van der Waals surface area contributed by atoms with E-state index in [4.69, 9.17) is 0 Å². The molecule has 1 aromatic carbocycles. The Labute approximate surface area is 85.4 Å². The van der Waals surface area contributed by atoms with Gasteiger partial charge in [0.2, 0.25) is 0 Å². The smallest absolute Gasteiger partial charge is 0.0934 e. The molecule has 0 unspecified atom stereocenters. The Kier molecular flexibility index (Phi) is 1.64. The highest BCUT2D eigenvalue weighted by Gasteiger charge is 2.06. The molecule has 2 aromatic heterocycles. The van der Waals surface area contributed by atoms with E-state index in [2.05, 4.69) is 21.5 Å². The molecule has 0 saturated heterocycles. The van der Waals surface area contributed by atoms with Crippen LogP contribution in [0.25, 0.3) is 21.3 Å². The molecule has 68 valence electrons. The zero-order valence-electron chi connectivity index (χ0n) is 7.40. The first kappa shape index (κ1) is 7.76. The maximum atomic E-state index is 4.46. The molecule has 0 amide bonds. The number of aromatic nitrogens is 2. The van der Waals surface area contributed by atoms with Crippen LogP contribution >= 0.6 is 11.5 Å². The van der Waals surface area contributed by atoms with Gasteiger partial charge in [-0.2, -0.15) is 4.37 Å². The summed E-state index contributed by atoms with van der Waals surface area (Å²) in [5.41, 5.74) is 2.23. The van der Waals surface area contributed by atoms with Crippen molar-refractivity contribution in [2.24, 2.45) is 0 Å². The van der Waals surface area contributed by atoms with E-state index in [9.17, 15) is 0 Å². The second-order valence-corrected chi connectivity index (χ2v) is 3.93. The Bertz CT molecular complexity index is 551. The van der Waals surface area contributed by atoms with Gasteiger partial charge in [-0.15, -0.1) is 0 Å². The number of rotatable bonds is 1. The van der Waals surface area contributed by atoms with E-state index < -0.39 is 0 Å². The quantitative estimate of drug-likeness (QED) is 0.641. The number of nitrogens with one attached hydrogen (secondary N) is 1. The zero-order chi connectivity index (χ0) is 9.38. The summed E-state index contributed by atoms with van der Waals surface area (Å²) in [6, 6.07) is 10.3. The highest BCUT2D eigenvalue weighted by atomic mass is 32.1. The lowest BCUT2D eigenvalue weighted by Crippen LogP contribution is -1.72. The van der Waals surface area contributed by atoms with Crippen LogP contribution in [0, 0.1) is 0 Å². The molecule has 0 aliphatic rings. The largest absolute Gasteiger partial charge is 0.367 e. The molecule has 0 bridgehead atoms. The van der Waals surface area contributed by atoms with E-state index in [1.165, 1.54) is 10.1 Å². The van der Waals surface area contributed by atoms with E-state index in [1.54, 1.807) is 11.5 Å². The molecule has 0 saturated carbocycles. The summed E-state index contributed by atoms with van der Waals surface area (Å²) >= 11 is 1.55. The van der Waals surface area contributed by atoms with Crippen molar-refractivity contribution in [1.82, 2.24) is 9.36 Å². The Balaban J connectivity index is 2.33. The topological polar surface area (TPSA) is 28.7 Å². The number of H-pyrrole nitrogens is 1. The highest BCUT2D eigenvalue weighted by Crippen LogP contribution is 2.29. The van der Waals surface area contributed by atoms with E-state index in [0.29, 0.717) is 0 Å². The van der Waals surface area contributed by atoms with E-state index in [0.717, 1.165) is 11.3 Å². The lowest BCUT2D eigenvalue weighted by Gasteiger charge is -1.91. The van der Waals surface area contributed by atoms with Gasteiger partial charge < -0.3 is 4.98 Å². The number of hydrogen-bond acceptors (Lipinski definition) is 2. The van der Waals surface area contributed by atoms with Crippen LogP contribution in [0.1, 0.15) is 0 Å². The minimum Gasteiger partial charge on any atom is -0.367 e. The molecular formula is C11H8N2S. The summed E-state index contributed by atoms with van der Waals surface area (Å²) in [7, 11) is 0. The maximum Gasteiger partial charge on any atom is 0.0934 e. The second kappa shape index (κ2) is 2.96. The van der Waals surface area contributed by atoms with Crippen LogP contribution in [-0.2, 0) is 0 Å². The minimum atomic E-state index is 1.08. The molecule has 0 fully saturated rings. The van der Waals surface area contributed by atoms with Crippen LogP contribution in [-0.4, -0.2) is 9.36 Å². The fourth-order valence-corrected chi connectivity index (χ4v) is 2.36. The van der Waals surface area contributed by atoms with Crippen molar-refractivity contribution in [1.29, 1.82) is 0 Å². The highest BCUT2D eigenvalue weighted by molar-refractivity contribution is 7.13. The van der Waals surface area contributed by atoms with Gasteiger partial charge in [0.25, 0.3) is 0 Å². The lowest BCUT2D eigenvalue weighted by atomic mass is 10.1. The second-order valence-electron chi connectivity index (χ2n) is 3.13. The van der Waals surface area contributed by atoms with Gasteiger partial charge >= 0.3 is 0 Å². The number of hydrogen-bond donors (Lipinski definition) is 1. The van der Waals surface area contributed by atoms with Crippen LogP contribution in [0.3, 0.4) is 0 Å². The Hall–Kier alpha value is -1.61. The van der Waals surface area contributed by atoms with Crippen LogP contribution in [0.4, 0.5) is 0 Å². The predicted octanol–water partition coefficient (Wildman–Crippen LogP) is 3.29. The molecule has 2 nitrogen and oxygen atoms in total. The lowest BCUT2D eigenvalue weighted by molar-refractivity contribution is 1.41. The number of aromatic amines is 1. The summed E-state index contributed by atoms with van der Waals surface area (Å²) < 4.78 is 5.70. The standard InChI is InChI=1S/C11H8N2S/c1-2-4-10-9(3-1)11(13-14-10)8-5-6-12-7-8/h1-7,12H. The number of benzene rings is 1. The maximum absolute atomic E-state index is 4.46. The van der Waals surface area contributed by atoms with Gasteiger partial charge in [-0.1, -0.05) is 18.2 Å². The van der Waals surface area contributed by atoms with E-state index in [1.807, 2.05) is 30.6 Å². The van der Waals surface area contributed by atoms with Crippen molar-refractivity contribution in [3.8, 4) is 11.3 Å². The van der Waals surface area contributed by atoms with Gasteiger partial charge in [-0.05, 0) is 23.7 Å². The van der Waals surface area contributed by atoms with Crippen molar-refractivity contribution in [2.75, 3.05) is 0 Å². The molecule has 1 N–H and O–H groups in total. The zero-order valence-corrected chi connectivity index (χ0v) is 8.21. The molecule has 3 heteroatoms. The third-order valence-electron chi connectivity index (χ3n) is 2.25. The predicted molar refractivity (Wildman–Crippen MR) is 59.4 cm³/mol. The monoisotopic (exact) mass is 200 g/mol. The summed E-state index contributed by atoms with van der Waals surface area (Å²) in [5, 5.41) is 1.23. The third-order valence-corrected chi connectivity index (χ3v) is 3.08. The molecule has 3 rings (SSSR count). The van der Waals surface area contributed by atoms with Crippen molar-refractivity contribution >= 4 is 21.6 Å². The van der Waals surface area contributed by atoms with Crippen LogP contribution in [0.2, 0.25) is 0 Å². The molecule has 0 atom stereocenters. The van der Waals surface area contributed by atoms with Crippen molar-refractivity contribution in [3.63, 3.8) is 0 Å². The van der Waals surface area contributed by atoms with E-state index >= 15 is 0 Å². The molecule has 0 aliphatic carbocycles. The van der Waals surface area contributed by atoms with Gasteiger partial charge in [0.05, 0.1) is 10.4 Å². The van der Waals surface area contributed by atoms with E-state index in [-0.39, 0.29) is 0 Å². The van der Waals surface area contributed by atoms with Crippen LogP contribution in [0.15, 0.2) is 42.7 Å². The van der Waals surface area contributed by atoms with Gasteiger partial charge in [0.1, 0.15) is 0 Å². The molecule has 14 heavy (non-hydrogen) atoms. The molecule has 0 radical (unpaired) electrons. The SMILES string of the molecule is c1ccc2c(-c3cc[nH]c3)nsc2c1. The molecule has 0 spiro atoms. The summed E-state index contributed by atoms with van der Waals surface area (Å²) in [6.45, 7) is 0. The Morgan fingerprint density at radius 1 is 1.14 bits per heavy atom. The fourth-order valence-electron chi connectivity index (χ4n) is 1.57. The van der Waals surface area contributed by atoms with Gasteiger partial charge in [0, 0.05) is 23.3 Å². The van der Waals surface area contributed by atoms with Gasteiger partial charge in [-0.3, -0.25) is 0 Å². The third kappa shape index (κ3) is 1.06. The Morgan fingerprint density at radius 3 is 2.93 bits per heavy atom. The molecular weight excluding hydrogens is 192 g/mol. The first-order valence-corrected chi connectivity index (χ1v) is 5.20. The normalized spacial score (nSPS) is 10.9. The number of fused-ring (bicyclic) bond motifs is 1. The van der Waals surface area contributed by atoms with Crippen LogP contribution in [0.5, 0.6) is 0 Å². The van der Waals surface area contributed by atoms with Crippen molar-refractivity contribution in [3.05, 3.63) is 42.7 Å². The molecule has 2 heterocycles. The summed E-state index contributed by atoms with van der Waals surface area (Å²) in [6.07, 6.45) is 3.89.